The van der Waals surface area contributed by atoms with Gasteiger partial charge in [0.25, 0.3) is 0 Å². The van der Waals surface area contributed by atoms with Crippen molar-refractivity contribution < 1.29 is 29.2 Å². The molecule has 2 aliphatic carbocycles. The van der Waals surface area contributed by atoms with Crippen LogP contribution in [0, 0.1) is 23.7 Å². The van der Waals surface area contributed by atoms with Crippen molar-refractivity contribution in [2.24, 2.45) is 30.7 Å². The topological polar surface area (TPSA) is 99.9 Å². The third-order valence-corrected chi connectivity index (χ3v) is 6.93. The number of rotatable bonds is 7. The number of hydrogen-bond donors (Lipinski definition) is 1. The Bertz CT molecular complexity index is 1030. The van der Waals surface area contributed by atoms with Gasteiger partial charge in [-0.1, -0.05) is 43.7 Å². The number of esters is 1. The third kappa shape index (κ3) is 7.27. The van der Waals surface area contributed by atoms with Gasteiger partial charge < -0.3 is 14.4 Å². The molecule has 196 valence electrons. The molecule has 3 rings (SSSR count). The summed E-state index contributed by atoms with van der Waals surface area (Å²) in [5.74, 6) is -0.415. The number of aryl methyl sites for hydroxylation is 1. The number of carbonyl (C=O) groups excluding carboxylic acids is 2. The Morgan fingerprint density at radius 2 is 2.08 bits per heavy atom. The maximum absolute atomic E-state index is 12.7. The summed E-state index contributed by atoms with van der Waals surface area (Å²) in [6.45, 7) is 8.43. The fourth-order valence-corrected chi connectivity index (χ4v) is 4.98. The van der Waals surface area contributed by atoms with Crippen LogP contribution in [0.2, 0.25) is 0 Å². The lowest BCUT2D eigenvalue weighted by atomic mass is 9.65. The first-order valence-corrected chi connectivity index (χ1v) is 12.6. The summed E-state index contributed by atoms with van der Waals surface area (Å²) in [7, 11) is 1.85. The van der Waals surface area contributed by atoms with Gasteiger partial charge in [-0.25, -0.2) is 14.6 Å². The van der Waals surface area contributed by atoms with Crippen molar-refractivity contribution in [2.45, 2.75) is 59.2 Å². The highest BCUT2D eigenvalue weighted by molar-refractivity contribution is 5.90. The van der Waals surface area contributed by atoms with Crippen LogP contribution in [0.5, 0.6) is 0 Å². The third-order valence-electron chi connectivity index (χ3n) is 6.93. The van der Waals surface area contributed by atoms with Crippen molar-refractivity contribution >= 4 is 18.0 Å². The maximum atomic E-state index is 12.7. The van der Waals surface area contributed by atoms with Crippen molar-refractivity contribution in [3.8, 4) is 0 Å². The fraction of sp³-hybridized carbons (Fsp3) is 0.536. The number of carbonyl (C=O) groups is 2. The molecule has 1 aromatic heterocycles. The van der Waals surface area contributed by atoms with Crippen molar-refractivity contribution in [1.29, 1.82) is 0 Å². The van der Waals surface area contributed by atoms with Gasteiger partial charge in [-0.15, -0.1) is 0 Å². The predicted molar refractivity (Wildman–Crippen MR) is 136 cm³/mol. The number of hydrogen-bond acceptors (Lipinski definition) is 7. The van der Waals surface area contributed by atoms with Crippen molar-refractivity contribution in [3.05, 3.63) is 59.7 Å². The summed E-state index contributed by atoms with van der Waals surface area (Å²) in [6.07, 6.45) is 14.1. The SMILES string of the molecule is CCOC(=O)C1=CC2C(CC(OOC(=O)C=Cc3cn(C)cn3)CC=CC1O)C(C)=CCC2C(C)C. The molecular weight excluding hydrogens is 460 g/mol. The summed E-state index contributed by atoms with van der Waals surface area (Å²) in [5, 5.41) is 10.8. The van der Waals surface area contributed by atoms with E-state index in [4.69, 9.17) is 14.5 Å². The van der Waals surface area contributed by atoms with Gasteiger partial charge in [-0.3, -0.25) is 4.89 Å². The van der Waals surface area contributed by atoms with Crippen LogP contribution in [0.1, 0.15) is 52.7 Å². The van der Waals surface area contributed by atoms with E-state index in [1.54, 1.807) is 42.2 Å². The molecule has 0 saturated carbocycles. The molecule has 0 saturated heterocycles. The van der Waals surface area contributed by atoms with Crippen LogP contribution in [0.25, 0.3) is 6.08 Å². The van der Waals surface area contributed by atoms with E-state index in [1.165, 1.54) is 11.6 Å². The molecule has 0 amide bonds. The Balaban J connectivity index is 1.82. The van der Waals surface area contributed by atoms with Gasteiger partial charge in [0.15, 0.2) is 0 Å². The zero-order chi connectivity index (χ0) is 26.2. The average Bonchev–Trinajstić information content (AvgIpc) is 3.25. The number of allylic oxidation sites excluding steroid dienone is 3. The van der Waals surface area contributed by atoms with Crippen LogP contribution in [0.15, 0.2) is 54.1 Å². The molecule has 5 atom stereocenters. The largest absolute Gasteiger partial charge is 0.463 e. The molecule has 0 spiro atoms. The summed E-state index contributed by atoms with van der Waals surface area (Å²) < 4.78 is 7.04. The quantitative estimate of drug-likeness (QED) is 0.196. The van der Waals surface area contributed by atoms with E-state index in [0.717, 1.165) is 6.42 Å². The van der Waals surface area contributed by atoms with E-state index in [1.807, 2.05) is 13.1 Å². The molecule has 1 N–H and O–H groups in total. The van der Waals surface area contributed by atoms with E-state index in [9.17, 15) is 14.7 Å². The van der Waals surface area contributed by atoms with Crippen LogP contribution in [0.4, 0.5) is 0 Å². The van der Waals surface area contributed by atoms with Crippen LogP contribution in [-0.4, -0.2) is 45.4 Å². The van der Waals surface area contributed by atoms with Gasteiger partial charge >= 0.3 is 11.9 Å². The predicted octanol–water partition coefficient (Wildman–Crippen LogP) is 4.33. The normalized spacial score (nSPS) is 26.8. The Morgan fingerprint density at radius 3 is 2.75 bits per heavy atom. The first kappa shape index (κ1) is 27.6. The number of nitrogens with zero attached hydrogens (tertiary/aromatic N) is 2. The van der Waals surface area contributed by atoms with Crippen LogP contribution >= 0.6 is 0 Å². The number of ether oxygens (including phenoxy) is 1. The van der Waals surface area contributed by atoms with Crippen molar-refractivity contribution in [1.82, 2.24) is 9.55 Å². The smallest absolute Gasteiger partial charge is 0.366 e. The molecule has 0 aliphatic heterocycles. The molecule has 1 heterocycles. The average molecular weight is 499 g/mol. The second-order valence-corrected chi connectivity index (χ2v) is 9.88. The fourth-order valence-electron chi connectivity index (χ4n) is 4.98. The Labute approximate surface area is 213 Å². The lowest BCUT2D eigenvalue weighted by Crippen LogP contribution is -2.34. The van der Waals surface area contributed by atoms with Gasteiger partial charge in [-0.2, -0.15) is 4.89 Å². The van der Waals surface area contributed by atoms with Gasteiger partial charge in [0.1, 0.15) is 12.2 Å². The Hall–Kier alpha value is -2.97. The summed E-state index contributed by atoms with van der Waals surface area (Å²) >= 11 is 0. The van der Waals surface area contributed by atoms with E-state index >= 15 is 0 Å². The van der Waals surface area contributed by atoms with Gasteiger partial charge in [0.05, 0.1) is 24.2 Å². The minimum absolute atomic E-state index is 0.00130. The monoisotopic (exact) mass is 498 g/mol. The first-order valence-electron chi connectivity index (χ1n) is 12.6. The molecule has 0 fully saturated rings. The van der Waals surface area contributed by atoms with Gasteiger partial charge in [0.2, 0.25) is 0 Å². The lowest BCUT2D eigenvalue weighted by molar-refractivity contribution is -0.295. The highest BCUT2D eigenvalue weighted by Gasteiger charge is 2.37. The Morgan fingerprint density at radius 1 is 1.31 bits per heavy atom. The number of fused-ring (bicyclic) bond motifs is 1. The number of aliphatic hydroxyl groups is 1. The molecule has 8 nitrogen and oxygen atoms in total. The first-order chi connectivity index (χ1) is 17.2. The summed E-state index contributed by atoms with van der Waals surface area (Å²) in [5.41, 5.74) is 2.11. The summed E-state index contributed by atoms with van der Waals surface area (Å²) in [4.78, 5) is 39.9. The number of imidazole rings is 1. The second-order valence-electron chi connectivity index (χ2n) is 9.88. The standard InChI is InChI=1S/C28H38N2O6/c1-6-34-28(33)25-15-24-22(18(2)3)12-10-19(4)23(24)14-21(8-7-9-26(25)31)35-36-27(32)13-11-20-16-30(5)17-29-20/h7,9-11,13,15-18,21-24,26,31H,6,8,12,14H2,1-5H3. The van der Waals surface area contributed by atoms with Crippen molar-refractivity contribution in [2.75, 3.05) is 6.61 Å². The van der Waals surface area contributed by atoms with Crippen LogP contribution < -0.4 is 0 Å². The molecule has 36 heavy (non-hydrogen) atoms. The lowest BCUT2D eigenvalue weighted by Gasteiger charge is -2.40. The second kappa shape index (κ2) is 12.8. The molecule has 0 aromatic carbocycles. The molecule has 5 unspecified atom stereocenters. The highest BCUT2D eigenvalue weighted by atomic mass is 17.2. The molecule has 8 heteroatoms. The molecule has 0 bridgehead atoms. The highest BCUT2D eigenvalue weighted by Crippen LogP contribution is 2.43. The number of aliphatic hydroxyl groups excluding tert-OH is 1. The maximum Gasteiger partial charge on any atom is 0.366 e. The number of aromatic nitrogens is 2. The van der Waals surface area contributed by atoms with E-state index in [-0.39, 0.29) is 29.9 Å². The molecule has 0 radical (unpaired) electrons. The zero-order valence-corrected chi connectivity index (χ0v) is 21.8. The minimum Gasteiger partial charge on any atom is -0.463 e. The van der Waals surface area contributed by atoms with Crippen molar-refractivity contribution in [3.63, 3.8) is 0 Å². The summed E-state index contributed by atoms with van der Waals surface area (Å²) in [6, 6.07) is 0. The van der Waals surface area contributed by atoms with E-state index < -0.39 is 24.1 Å². The molecule has 2 aliphatic rings. The zero-order valence-electron chi connectivity index (χ0n) is 21.8. The minimum atomic E-state index is -1.09. The molecular formula is C28H38N2O6. The van der Waals surface area contributed by atoms with Gasteiger partial charge in [0, 0.05) is 19.3 Å². The van der Waals surface area contributed by atoms with Crippen LogP contribution in [0.3, 0.4) is 0 Å². The van der Waals surface area contributed by atoms with Gasteiger partial charge in [-0.05, 0) is 62.9 Å². The van der Waals surface area contributed by atoms with Crippen LogP contribution in [-0.2, 0) is 31.1 Å². The Kier molecular flexibility index (Phi) is 9.84. The van der Waals surface area contributed by atoms with E-state index in [2.05, 4.69) is 31.8 Å². The molecule has 1 aromatic rings. The van der Waals surface area contributed by atoms with E-state index in [0.29, 0.717) is 24.5 Å².